The summed E-state index contributed by atoms with van der Waals surface area (Å²) in [6, 6.07) is 11.4. The molecule has 1 amide bonds. The number of nitrogens with one attached hydrogen (secondary N) is 1. The van der Waals surface area contributed by atoms with Crippen molar-refractivity contribution in [3.05, 3.63) is 45.8 Å². The van der Waals surface area contributed by atoms with Crippen LogP contribution in [0.3, 0.4) is 0 Å². The maximum absolute atomic E-state index is 12.8. The molecular weight excluding hydrogens is 404 g/mol. The minimum Gasteiger partial charge on any atom is -0.366 e. The first-order valence-corrected chi connectivity index (χ1v) is 12.2. The van der Waals surface area contributed by atoms with Gasteiger partial charge in [-0.1, -0.05) is 31.0 Å². The smallest absolute Gasteiger partial charge is 0.239 e. The maximum Gasteiger partial charge on any atom is 0.239 e. The summed E-state index contributed by atoms with van der Waals surface area (Å²) in [6.45, 7) is 9.55. The van der Waals surface area contributed by atoms with Crippen molar-refractivity contribution in [2.45, 2.75) is 52.5 Å². The Morgan fingerprint density at radius 2 is 2.06 bits per heavy atom. The number of thiophene rings is 1. The van der Waals surface area contributed by atoms with Gasteiger partial charge in [-0.15, -0.1) is 11.3 Å². The average molecular weight is 437 g/mol. The maximum atomic E-state index is 12.8. The predicted octanol–water partition coefficient (Wildman–Crippen LogP) is 4.59. The highest BCUT2D eigenvalue weighted by Crippen LogP contribution is 2.40. The first kappa shape index (κ1) is 21.9. The lowest BCUT2D eigenvalue weighted by Gasteiger charge is -2.41. The minimum absolute atomic E-state index is 0.0156. The Balaban J connectivity index is 1.36. The summed E-state index contributed by atoms with van der Waals surface area (Å²) in [4.78, 5) is 18.7. The zero-order chi connectivity index (χ0) is 22.0. The Kier molecular flexibility index (Phi) is 6.64. The number of hydrogen-bond donors (Lipinski definition) is 1. The zero-order valence-electron chi connectivity index (χ0n) is 18.8. The van der Waals surface area contributed by atoms with Crippen molar-refractivity contribution < 1.29 is 4.79 Å². The van der Waals surface area contributed by atoms with E-state index in [0.717, 1.165) is 43.9 Å². The molecule has 31 heavy (non-hydrogen) atoms. The van der Waals surface area contributed by atoms with Gasteiger partial charge in [0.1, 0.15) is 11.1 Å². The summed E-state index contributed by atoms with van der Waals surface area (Å²) in [5, 5.41) is 13.5. The van der Waals surface area contributed by atoms with Gasteiger partial charge in [-0.3, -0.25) is 9.69 Å². The third kappa shape index (κ3) is 4.78. The number of benzene rings is 1. The highest BCUT2D eigenvalue weighted by Gasteiger charge is 2.28. The molecule has 1 fully saturated rings. The van der Waals surface area contributed by atoms with Crippen molar-refractivity contribution in [1.29, 1.82) is 5.26 Å². The molecule has 4 rings (SSSR count). The van der Waals surface area contributed by atoms with Crippen molar-refractivity contribution in [1.82, 2.24) is 4.90 Å². The fourth-order valence-corrected chi connectivity index (χ4v) is 6.20. The van der Waals surface area contributed by atoms with Crippen LogP contribution < -0.4 is 10.2 Å². The molecule has 0 saturated carbocycles. The standard InChI is InChI=1S/C25H32N4OS/c1-4-19-7-10-21-22(14-26)25(31-23(21)13-19)27-24(30)16-28-11-12-29(18(3)15-28)20-8-5-17(2)6-9-20/h5-6,8-9,18-19H,4,7,10-13,15-16H2,1-3H3,(H,27,30). The molecule has 1 aliphatic heterocycles. The molecule has 1 aromatic carbocycles. The molecule has 1 N–H and O–H groups in total. The number of nitrogens with zero attached hydrogens (tertiary/aromatic N) is 3. The average Bonchev–Trinajstić information content (AvgIpc) is 3.10. The molecule has 1 saturated heterocycles. The summed E-state index contributed by atoms with van der Waals surface area (Å²) in [5.41, 5.74) is 4.38. The minimum atomic E-state index is -0.0156. The molecule has 1 aliphatic carbocycles. The Hall–Kier alpha value is -2.36. The van der Waals surface area contributed by atoms with Gasteiger partial charge in [0.05, 0.1) is 12.1 Å². The molecule has 5 nitrogen and oxygen atoms in total. The second-order valence-electron chi connectivity index (χ2n) is 9.00. The Morgan fingerprint density at radius 3 is 2.74 bits per heavy atom. The number of hydrogen-bond acceptors (Lipinski definition) is 5. The van der Waals surface area contributed by atoms with E-state index in [-0.39, 0.29) is 5.91 Å². The van der Waals surface area contributed by atoms with Crippen LogP contribution in [0, 0.1) is 24.2 Å². The van der Waals surface area contributed by atoms with Crippen LogP contribution in [0.4, 0.5) is 10.7 Å². The van der Waals surface area contributed by atoms with E-state index in [0.29, 0.717) is 24.1 Å². The van der Waals surface area contributed by atoms with Gasteiger partial charge in [0.2, 0.25) is 5.91 Å². The lowest BCUT2D eigenvalue weighted by Crippen LogP contribution is -2.53. The van der Waals surface area contributed by atoms with E-state index < -0.39 is 0 Å². The van der Waals surface area contributed by atoms with Gasteiger partial charge in [0.25, 0.3) is 0 Å². The van der Waals surface area contributed by atoms with E-state index in [1.165, 1.54) is 28.1 Å². The molecule has 2 aromatic rings. The second kappa shape index (κ2) is 9.42. The number of nitriles is 1. The van der Waals surface area contributed by atoms with Crippen LogP contribution in [0.2, 0.25) is 0 Å². The molecule has 0 radical (unpaired) electrons. The summed E-state index contributed by atoms with van der Waals surface area (Å²) < 4.78 is 0. The van der Waals surface area contributed by atoms with E-state index in [1.807, 2.05) is 0 Å². The van der Waals surface area contributed by atoms with Gasteiger partial charge >= 0.3 is 0 Å². The van der Waals surface area contributed by atoms with Crippen LogP contribution in [-0.4, -0.2) is 43.0 Å². The fourth-order valence-electron chi connectivity index (χ4n) is 4.87. The normalized spacial score (nSPS) is 21.4. The molecule has 164 valence electrons. The largest absolute Gasteiger partial charge is 0.366 e. The van der Waals surface area contributed by atoms with Gasteiger partial charge < -0.3 is 10.2 Å². The highest BCUT2D eigenvalue weighted by molar-refractivity contribution is 7.16. The van der Waals surface area contributed by atoms with Crippen LogP contribution >= 0.6 is 11.3 Å². The fraction of sp³-hybridized carbons (Fsp3) is 0.520. The van der Waals surface area contributed by atoms with Crippen LogP contribution in [0.25, 0.3) is 0 Å². The van der Waals surface area contributed by atoms with E-state index in [1.54, 1.807) is 11.3 Å². The first-order valence-electron chi connectivity index (χ1n) is 11.4. The number of aryl methyl sites for hydroxylation is 1. The Bertz CT molecular complexity index is 975. The Morgan fingerprint density at radius 1 is 1.29 bits per heavy atom. The molecule has 0 spiro atoms. The highest BCUT2D eigenvalue weighted by atomic mass is 32.1. The van der Waals surface area contributed by atoms with Gasteiger partial charge in [0.15, 0.2) is 0 Å². The van der Waals surface area contributed by atoms with E-state index in [2.05, 4.69) is 66.2 Å². The number of carbonyl (C=O) groups excluding carboxylic acids is 1. The summed E-state index contributed by atoms with van der Waals surface area (Å²) >= 11 is 1.61. The van der Waals surface area contributed by atoms with Crippen molar-refractivity contribution in [3.8, 4) is 6.07 Å². The van der Waals surface area contributed by atoms with Gasteiger partial charge in [-0.25, -0.2) is 0 Å². The van der Waals surface area contributed by atoms with Crippen LogP contribution in [0.15, 0.2) is 24.3 Å². The van der Waals surface area contributed by atoms with Crippen LogP contribution in [-0.2, 0) is 17.6 Å². The molecular formula is C25H32N4OS. The van der Waals surface area contributed by atoms with Crippen molar-refractivity contribution in [2.75, 3.05) is 36.4 Å². The number of piperazine rings is 1. The SMILES string of the molecule is CCC1CCc2c(sc(NC(=O)CN3CCN(c4ccc(C)cc4)C(C)C3)c2C#N)C1. The molecule has 1 aromatic heterocycles. The predicted molar refractivity (Wildman–Crippen MR) is 128 cm³/mol. The molecule has 6 heteroatoms. The number of fused-ring (bicyclic) bond motifs is 1. The lowest BCUT2D eigenvalue weighted by atomic mass is 9.86. The van der Waals surface area contributed by atoms with E-state index in [9.17, 15) is 10.1 Å². The van der Waals surface area contributed by atoms with Crippen molar-refractivity contribution >= 4 is 27.9 Å². The monoisotopic (exact) mass is 436 g/mol. The topological polar surface area (TPSA) is 59.4 Å². The van der Waals surface area contributed by atoms with E-state index in [4.69, 9.17) is 0 Å². The number of amides is 1. The van der Waals surface area contributed by atoms with Crippen LogP contribution in [0.1, 0.15) is 48.3 Å². The van der Waals surface area contributed by atoms with E-state index >= 15 is 0 Å². The third-order valence-electron chi connectivity index (χ3n) is 6.75. The molecule has 2 aliphatic rings. The Labute approximate surface area is 189 Å². The van der Waals surface area contributed by atoms with Gasteiger partial charge in [0, 0.05) is 36.2 Å². The lowest BCUT2D eigenvalue weighted by molar-refractivity contribution is -0.117. The van der Waals surface area contributed by atoms with Crippen molar-refractivity contribution in [3.63, 3.8) is 0 Å². The van der Waals surface area contributed by atoms with Gasteiger partial charge in [-0.2, -0.15) is 5.26 Å². The molecule has 2 unspecified atom stereocenters. The first-order chi connectivity index (χ1) is 15.0. The zero-order valence-corrected chi connectivity index (χ0v) is 19.6. The van der Waals surface area contributed by atoms with Crippen LogP contribution in [0.5, 0.6) is 0 Å². The number of rotatable bonds is 5. The number of anilines is 2. The molecule has 2 atom stereocenters. The van der Waals surface area contributed by atoms with Gasteiger partial charge in [-0.05, 0) is 56.7 Å². The second-order valence-corrected chi connectivity index (χ2v) is 10.1. The quantitative estimate of drug-likeness (QED) is 0.745. The molecule has 2 heterocycles. The number of carbonyl (C=O) groups is 1. The summed E-state index contributed by atoms with van der Waals surface area (Å²) in [5.74, 6) is 0.686. The van der Waals surface area contributed by atoms with Crippen molar-refractivity contribution in [2.24, 2.45) is 5.92 Å². The summed E-state index contributed by atoms with van der Waals surface area (Å²) in [7, 11) is 0. The summed E-state index contributed by atoms with van der Waals surface area (Å²) in [6.07, 6.45) is 4.32. The molecule has 0 bridgehead atoms. The third-order valence-corrected chi connectivity index (χ3v) is 7.92.